The average molecular weight is 117 g/mol. The molecule has 1 unspecified atom stereocenters. The standard InChI is InChI=1S/C5H11NO2/c1-6-3-2-5(6)4-8-7/h5,7H,2-4H2,1H3. The first kappa shape index (κ1) is 6.01. The molecule has 1 N–H and O–H groups in total. The van der Waals surface area contributed by atoms with E-state index in [4.69, 9.17) is 5.26 Å². The van der Waals surface area contributed by atoms with Crippen molar-refractivity contribution in [1.29, 1.82) is 0 Å². The summed E-state index contributed by atoms with van der Waals surface area (Å²) >= 11 is 0. The lowest BCUT2D eigenvalue weighted by Gasteiger charge is -2.36. The minimum Gasteiger partial charge on any atom is -0.301 e. The lowest BCUT2D eigenvalue weighted by atomic mass is 10.1. The first-order valence-electron chi connectivity index (χ1n) is 2.81. The zero-order valence-electron chi connectivity index (χ0n) is 5.00. The van der Waals surface area contributed by atoms with Crippen molar-refractivity contribution in [2.75, 3.05) is 20.2 Å². The van der Waals surface area contributed by atoms with Crippen LogP contribution < -0.4 is 0 Å². The molecule has 0 radical (unpaired) electrons. The summed E-state index contributed by atoms with van der Waals surface area (Å²) in [6.45, 7) is 1.59. The summed E-state index contributed by atoms with van der Waals surface area (Å²) in [6.07, 6.45) is 1.15. The molecule has 0 spiro atoms. The van der Waals surface area contributed by atoms with E-state index in [1.54, 1.807) is 0 Å². The number of rotatable bonds is 2. The summed E-state index contributed by atoms with van der Waals surface area (Å²) < 4.78 is 0. The molecule has 1 heterocycles. The Morgan fingerprint density at radius 2 is 2.62 bits per heavy atom. The molecule has 0 aliphatic carbocycles. The van der Waals surface area contributed by atoms with Gasteiger partial charge >= 0.3 is 0 Å². The highest BCUT2D eigenvalue weighted by molar-refractivity contribution is 4.78. The third-order valence-corrected chi connectivity index (χ3v) is 1.71. The molecule has 8 heavy (non-hydrogen) atoms. The molecule has 1 atom stereocenters. The predicted octanol–water partition coefficient (Wildman–Crippen LogP) is 0.180. The van der Waals surface area contributed by atoms with E-state index in [-0.39, 0.29) is 0 Å². The average Bonchev–Trinajstić information content (AvgIpc) is 1.79. The van der Waals surface area contributed by atoms with Gasteiger partial charge in [0.05, 0.1) is 6.61 Å². The number of likely N-dealkylation sites (tertiary alicyclic amines) is 1. The number of likely N-dealkylation sites (N-methyl/N-ethyl adjacent to an activating group) is 1. The monoisotopic (exact) mass is 117 g/mol. The highest BCUT2D eigenvalue weighted by atomic mass is 17.1. The Labute approximate surface area is 48.8 Å². The van der Waals surface area contributed by atoms with E-state index >= 15 is 0 Å². The number of hydrogen-bond donors (Lipinski definition) is 1. The van der Waals surface area contributed by atoms with Gasteiger partial charge in [-0.05, 0) is 20.0 Å². The van der Waals surface area contributed by atoms with Crippen LogP contribution in [0.3, 0.4) is 0 Å². The lowest BCUT2D eigenvalue weighted by Crippen LogP contribution is -2.47. The molecule has 3 heteroatoms. The second kappa shape index (κ2) is 2.44. The molecule has 1 aliphatic heterocycles. The summed E-state index contributed by atoms with van der Waals surface area (Å²) in [7, 11) is 2.02. The summed E-state index contributed by atoms with van der Waals surface area (Å²) in [4.78, 5) is 6.12. The summed E-state index contributed by atoms with van der Waals surface area (Å²) in [6, 6.07) is 0.458. The van der Waals surface area contributed by atoms with Gasteiger partial charge in [0.25, 0.3) is 0 Å². The van der Waals surface area contributed by atoms with E-state index in [2.05, 4.69) is 9.79 Å². The molecule has 1 fully saturated rings. The van der Waals surface area contributed by atoms with Crippen molar-refractivity contribution >= 4 is 0 Å². The van der Waals surface area contributed by atoms with Crippen molar-refractivity contribution < 1.29 is 10.1 Å². The molecule has 0 aromatic carbocycles. The van der Waals surface area contributed by atoms with Gasteiger partial charge in [-0.15, -0.1) is 0 Å². The van der Waals surface area contributed by atoms with E-state index in [9.17, 15) is 0 Å². The molecule has 0 bridgehead atoms. The Morgan fingerprint density at radius 1 is 1.88 bits per heavy atom. The second-order valence-electron chi connectivity index (χ2n) is 2.22. The first-order valence-corrected chi connectivity index (χ1v) is 2.81. The van der Waals surface area contributed by atoms with Gasteiger partial charge in [-0.1, -0.05) is 0 Å². The van der Waals surface area contributed by atoms with E-state index in [1.165, 1.54) is 0 Å². The van der Waals surface area contributed by atoms with Crippen molar-refractivity contribution in [3.8, 4) is 0 Å². The Bertz CT molecular complexity index is 76.8. The van der Waals surface area contributed by atoms with Gasteiger partial charge in [0.2, 0.25) is 0 Å². The van der Waals surface area contributed by atoms with Gasteiger partial charge in [0.15, 0.2) is 0 Å². The first-order chi connectivity index (χ1) is 3.84. The zero-order valence-corrected chi connectivity index (χ0v) is 5.00. The van der Waals surface area contributed by atoms with Crippen molar-refractivity contribution in [2.24, 2.45) is 0 Å². The highest BCUT2D eigenvalue weighted by Gasteiger charge is 2.23. The predicted molar refractivity (Wildman–Crippen MR) is 29.6 cm³/mol. The van der Waals surface area contributed by atoms with Crippen LogP contribution in [0.25, 0.3) is 0 Å². The van der Waals surface area contributed by atoms with E-state index in [1.807, 2.05) is 7.05 Å². The van der Waals surface area contributed by atoms with Crippen LogP contribution in [0.15, 0.2) is 0 Å². The molecule has 0 amide bonds. The van der Waals surface area contributed by atoms with Crippen LogP contribution in [0.2, 0.25) is 0 Å². The molecule has 0 aromatic rings. The molecule has 3 nitrogen and oxygen atoms in total. The maximum Gasteiger partial charge on any atom is 0.0975 e. The Morgan fingerprint density at radius 3 is 2.75 bits per heavy atom. The SMILES string of the molecule is CN1CCC1COO. The van der Waals surface area contributed by atoms with Crippen LogP contribution in [0.1, 0.15) is 6.42 Å². The zero-order chi connectivity index (χ0) is 5.98. The molecule has 0 saturated carbocycles. The Balaban J connectivity index is 2.08. The Kier molecular flexibility index (Phi) is 1.83. The maximum atomic E-state index is 7.99. The minimum atomic E-state index is 0.455. The number of nitrogens with zero attached hydrogens (tertiary/aromatic N) is 1. The van der Waals surface area contributed by atoms with Crippen molar-refractivity contribution in [3.63, 3.8) is 0 Å². The van der Waals surface area contributed by atoms with Gasteiger partial charge in [-0.25, -0.2) is 4.89 Å². The maximum absolute atomic E-state index is 7.99. The second-order valence-corrected chi connectivity index (χ2v) is 2.22. The fourth-order valence-electron chi connectivity index (χ4n) is 0.866. The summed E-state index contributed by atoms with van der Waals surface area (Å²) in [5.41, 5.74) is 0. The number of hydrogen-bond acceptors (Lipinski definition) is 3. The van der Waals surface area contributed by atoms with Crippen molar-refractivity contribution in [2.45, 2.75) is 12.5 Å². The van der Waals surface area contributed by atoms with E-state index < -0.39 is 0 Å². The van der Waals surface area contributed by atoms with Crippen LogP contribution in [-0.2, 0) is 4.89 Å². The van der Waals surface area contributed by atoms with Gasteiger partial charge in [0, 0.05) is 6.04 Å². The van der Waals surface area contributed by atoms with Crippen molar-refractivity contribution in [3.05, 3.63) is 0 Å². The summed E-state index contributed by atoms with van der Waals surface area (Å²) in [5.74, 6) is 0. The molecule has 1 saturated heterocycles. The van der Waals surface area contributed by atoms with Crippen LogP contribution in [0, 0.1) is 0 Å². The van der Waals surface area contributed by atoms with Crippen molar-refractivity contribution in [1.82, 2.24) is 4.90 Å². The van der Waals surface area contributed by atoms with E-state index in [0.717, 1.165) is 13.0 Å². The van der Waals surface area contributed by atoms with Gasteiger partial charge < -0.3 is 4.90 Å². The molecule has 0 aromatic heterocycles. The third-order valence-electron chi connectivity index (χ3n) is 1.71. The lowest BCUT2D eigenvalue weighted by molar-refractivity contribution is -0.256. The topological polar surface area (TPSA) is 32.7 Å². The fraction of sp³-hybridized carbons (Fsp3) is 1.00. The molecule has 48 valence electrons. The molecular weight excluding hydrogens is 106 g/mol. The van der Waals surface area contributed by atoms with E-state index in [0.29, 0.717) is 12.6 Å². The smallest absolute Gasteiger partial charge is 0.0975 e. The van der Waals surface area contributed by atoms with Crippen LogP contribution >= 0.6 is 0 Å². The van der Waals surface area contributed by atoms with Crippen LogP contribution in [-0.4, -0.2) is 36.4 Å². The van der Waals surface area contributed by atoms with Gasteiger partial charge in [-0.2, -0.15) is 0 Å². The summed E-state index contributed by atoms with van der Waals surface area (Å²) in [5, 5.41) is 7.99. The minimum absolute atomic E-state index is 0.455. The van der Waals surface area contributed by atoms with Gasteiger partial charge in [0.1, 0.15) is 0 Å². The molecule has 1 aliphatic rings. The normalized spacial score (nSPS) is 30.0. The molecular formula is C5H11NO2. The molecule has 1 rings (SSSR count). The largest absolute Gasteiger partial charge is 0.301 e. The highest BCUT2D eigenvalue weighted by Crippen LogP contribution is 2.13. The fourth-order valence-corrected chi connectivity index (χ4v) is 0.866. The van der Waals surface area contributed by atoms with Crippen LogP contribution in [0.5, 0.6) is 0 Å². The quantitative estimate of drug-likeness (QED) is 0.413. The van der Waals surface area contributed by atoms with Gasteiger partial charge in [-0.3, -0.25) is 5.26 Å². The van der Waals surface area contributed by atoms with Crippen LogP contribution in [0.4, 0.5) is 0 Å². The third kappa shape index (κ3) is 0.992. The Hall–Kier alpha value is -0.120.